The van der Waals surface area contributed by atoms with Gasteiger partial charge in [-0.2, -0.15) is 0 Å². The number of nitrogens with zero attached hydrogens (tertiary/aromatic N) is 2. The maximum absolute atomic E-state index is 14.4. The second-order valence-electron chi connectivity index (χ2n) is 10.9. The van der Waals surface area contributed by atoms with Gasteiger partial charge in [-0.1, -0.05) is 43.5 Å². The first-order valence-corrected chi connectivity index (χ1v) is 13.4. The first kappa shape index (κ1) is 23.1. The minimum atomic E-state index is -1.01. The number of hydrogen-bond acceptors (Lipinski definition) is 3. The zero-order valence-electron chi connectivity index (χ0n) is 21.3. The van der Waals surface area contributed by atoms with Crippen molar-refractivity contribution in [2.24, 2.45) is 0 Å². The number of aromatic nitrogens is 1. The van der Waals surface area contributed by atoms with Crippen LogP contribution < -0.4 is 10.1 Å². The van der Waals surface area contributed by atoms with E-state index in [1.54, 1.807) is 7.11 Å². The van der Waals surface area contributed by atoms with Crippen molar-refractivity contribution in [3.05, 3.63) is 65.4 Å². The van der Waals surface area contributed by atoms with E-state index in [1.807, 2.05) is 46.7 Å². The van der Waals surface area contributed by atoms with Crippen LogP contribution in [-0.2, 0) is 17.8 Å². The van der Waals surface area contributed by atoms with Gasteiger partial charge in [0.1, 0.15) is 17.0 Å². The van der Waals surface area contributed by atoms with E-state index in [4.69, 9.17) is 4.74 Å². The van der Waals surface area contributed by atoms with Crippen molar-refractivity contribution in [2.75, 3.05) is 7.11 Å². The predicted octanol–water partition coefficient (Wildman–Crippen LogP) is 5.39. The molecule has 1 saturated carbocycles. The molecular weight excluding hydrogens is 450 g/mol. The van der Waals surface area contributed by atoms with Crippen LogP contribution in [0.1, 0.15) is 79.5 Å². The molecule has 2 atom stereocenters. The summed E-state index contributed by atoms with van der Waals surface area (Å²) in [6.45, 7) is 2.39. The molecule has 2 heterocycles. The zero-order chi connectivity index (χ0) is 24.9. The van der Waals surface area contributed by atoms with Crippen molar-refractivity contribution in [3.63, 3.8) is 0 Å². The normalized spacial score (nSPS) is 24.3. The van der Waals surface area contributed by atoms with E-state index in [0.717, 1.165) is 61.6 Å². The first-order valence-electron chi connectivity index (χ1n) is 13.4. The molecule has 188 valence electrons. The van der Waals surface area contributed by atoms with Crippen molar-refractivity contribution in [1.82, 2.24) is 14.8 Å². The van der Waals surface area contributed by atoms with Gasteiger partial charge in [0.05, 0.1) is 25.2 Å². The summed E-state index contributed by atoms with van der Waals surface area (Å²) in [4.78, 5) is 30.4. The van der Waals surface area contributed by atoms with Crippen molar-refractivity contribution < 1.29 is 14.3 Å². The predicted molar refractivity (Wildman–Crippen MR) is 140 cm³/mol. The van der Waals surface area contributed by atoms with Crippen molar-refractivity contribution in [2.45, 2.75) is 82.5 Å². The van der Waals surface area contributed by atoms with Gasteiger partial charge in [0.25, 0.3) is 5.91 Å². The van der Waals surface area contributed by atoms with Gasteiger partial charge in [0.2, 0.25) is 5.91 Å². The van der Waals surface area contributed by atoms with Gasteiger partial charge in [-0.05, 0) is 68.4 Å². The second kappa shape index (κ2) is 8.99. The molecule has 36 heavy (non-hydrogen) atoms. The second-order valence-corrected chi connectivity index (χ2v) is 10.9. The van der Waals surface area contributed by atoms with Crippen LogP contribution in [0.25, 0.3) is 10.9 Å². The molecule has 1 aliphatic heterocycles. The Bertz CT molecular complexity index is 1320. The molecule has 1 N–H and O–H groups in total. The van der Waals surface area contributed by atoms with Crippen molar-refractivity contribution >= 4 is 22.7 Å². The third kappa shape index (κ3) is 3.69. The number of ether oxygens (including phenoxy) is 1. The number of methoxy groups -OCH3 is 1. The molecule has 0 radical (unpaired) electrons. The molecule has 2 amide bonds. The zero-order valence-corrected chi connectivity index (χ0v) is 21.3. The fourth-order valence-electron chi connectivity index (χ4n) is 6.69. The summed E-state index contributed by atoms with van der Waals surface area (Å²) in [7, 11) is 1.65. The summed E-state index contributed by atoms with van der Waals surface area (Å²) < 4.78 is 7.51. The lowest BCUT2D eigenvalue weighted by Gasteiger charge is -2.49. The minimum Gasteiger partial charge on any atom is -0.497 e. The minimum absolute atomic E-state index is 0.0406. The van der Waals surface area contributed by atoms with Crippen LogP contribution in [0.15, 0.2) is 48.5 Å². The quantitative estimate of drug-likeness (QED) is 0.539. The fraction of sp³-hybridized carbons (Fsp3) is 0.467. The van der Waals surface area contributed by atoms with E-state index in [-0.39, 0.29) is 23.9 Å². The lowest BCUT2D eigenvalue weighted by Crippen LogP contribution is -2.65. The van der Waals surface area contributed by atoms with Crippen LogP contribution in [0.5, 0.6) is 5.75 Å². The van der Waals surface area contributed by atoms with Crippen LogP contribution in [0.4, 0.5) is 0 Å². The summed E-state index contributed by atoms with van der Waals surface area (Å²) in [5.41, 5.74) is 3.03. The molecule has 1 fully saturated rings. The Kier molecular flexibility index (Phi) is 5.78. The highest BCUT2D eigenvalue weighted by molar-refractivity contribution is 6.04. The van der Waals surface area contributed by atoms with E-state index in [2.05, 4.69) is 23.5 Å². The van der Waals surface area contributed by atoms with Crippen LogP contribution in [-0.4, -0.2) is 40.0 Å². The van der Waals surface area contributed by atoms with Gasteiger partial charge in [-0.3, -0.25) is 9.59 Å². The molecule has 0 unspecified atom stereocenters. The molecule has 3 aromatic rings. The Hall–Kier alpha value is -3.28. The maximum Gasteiger partial charge on any atom is 0.271 e. The van der Waals surface area contributed by atoms with Crippen LogP contribution in [0.2, 0.25) is 0 Å². The van der Waals surface area contributed by atoms with Gasteiger partial charge in [0, 0.05) is 17.5 Å². The van der Waals surface area contributed by atoms with Gasteiger partial charge >= 0.3 is 0 Å². The Morgan fingerprint density at radius 2 is 1.83 bits per heavy atom. The largest absolute Gasteiger partial charge is 0.497 e. The third-order valence-corrected chi connectivity index (χ3v) is 8.63. The molecule has 3 aliphatic rings. The van der Waals surface area contributed by atoms with Gasteiger partial charge < -0.3 is 19.5 Å². The number of carbonyl (C=O) groups is 2. The van der Waals surface area contributed by atoms with E-state index in [1.165, 1.54) is 17.5 Å². The van der Waals surface area contributed by atoms with Gasteiger partial charge in [0.15, 0.2) is 0 Å². The molecule has 6 rings (SSSR count). The van der Waals surface area contributed by atoms with E-state index >= 15 is 0 Å². The maximum atomic E-state index is 14.4. The van der Waals surface area contributed by atoms with Crippen molar-refractivity contribution in [3.8, 4) is 5.75 Å². The SMILES string of the molecule is COc1ccc2cc3n(c2c1)C[C@](C)(C(=O)NC1CCCCC1)N([C@@H]1CCCc2ccccc21)C3=O. The van der Waals surface area contributed by atoms with E-state index in [9.17, 15) is 9.59 Å². The monoisotopic (exact) mass is 485 g/mol. The third-order valence-electron chi connectivity index (χ3n) is 8.63. The topological polar surface area (TPSA) is 63.6 Å². The van der Waals surface area contributed by atoms with Crippen LogP contribution in [0, 0.1) is 0 Å². The molecule has 0 spiro atoms. The Labute approximate surface area is 212 Å². The smallest absolute Gasteiger partial charge is 0.271 e. The summed E-state index contributed by atoms with van der Waals surface area (Å²) in [6.07, 6.45) is 8.43. The highest BCUT2D eigenvalue weighted by Gasteiger charge is 2.51. The lowest BCUT2D eigenvalue weighted by atomic mass is 9.82. The van der Waals surface area contributed by atoms with E-state index in [0.29, 0.717) is 12.2 Å². The Morgan fingerprint density at radius 3 is 2.64 bits per heavy atom. The fourth-order valence-corrected chi connectivity index (χ4v) is 6.69. The van der Waals surface area contributed by atoms with Crippen molar-refractivity contribution in [1.29, 1.82) is 0 Å². The molecule has 0 saturated heterocycles. The lowest BCUT2D eigenvalue weighted by molar-refractivity contribution is -0.135. The highest BCUT2D eigenvalue weighted by Crippen LogP contribution is 2.43. The van der Waals surface area contributed by atoms with E-state index < -0.39 is 5.54 Å². The Balaban J connectivity index is 1.47. The molecule has 6 nitrogen and oxygen atoms in total. The standard InChI is InChI=1S/C30H35N3O3/c1-30(29(35)31-22-11-4-3-5-12-22)19-32-26-18-23(36-2)16-15-21(26)17-27(32)28(34)33(30)25-14-8-10-20-9-6-7-13-24(20)25/h6-7,9,13,15-18,22,25H,3-5,8,10-12,14,19H2,1-2H3,(H,31,35)/t25-,30-/m1/s1. The number of hydrogen-bond donors (Lipinski definition) is 1. The molecule has 1 aromatic heterocycles. The molecule has 2 aromatic carbocycles. The molecule has 6 heteroatoms. The average Bonchev–Trinajstić information content (AvgIpc) is 3.27. The first-order chi connectivity index (χ1) is 17.5. The number of carbonyl (C=O) groups excluding carboxylic acids is 2. The summed E-state index contributed by atoms with van der Waals surface area (Å²) in [5.74, 6) is 0.633. The average molecular weight is 486 g/mol. The highest BCUT2D eigenvalue weighted by atomic mass is 16.5. The number of nitrogens with one attached hydrogen (secondary N) is 1. The Morgan fingerprint density at radius 1 is 1.03 bits per heavy atom. The molecular formula is C30H35N3O3. The molecule has 0 bridgehead atoms. The number of benzene rings is 2. The summed E-state index contributed by atoms with van der Waals surface area (Å²) in [6, 6.07) is 16.3. The van der Waals surface area contributed by atoms with Crippen LogP contribution >= 0.6 is 0 Å². The molecule has 2 aliphatic carbocycles. The summed E-state index contributed by atoms with van der Waals surface area (Å²) in [5, 5.41) is 4.35. The summed E-state index contributed by atoms with van der Waals surface area (Å²) >= 11 is 0. The number of amides is 2. The van der Waals surface area contributed by atoms with Gasteiger partial charge in [-0.25, -0.2) is 0 Å². The number of rotatable bonds is 4. The number of fused-ring (bicyclic) bond motifs is 4. The van der Waals surface area contributed by atoms with Crippen LogP contribution in [0.3, 0.4) is 0 Å². The van der Waals surface area contributed by atoms with Gasteiger partial charge in [-0.15, -0.1) is 0 Å². The number of aryl methyl sites for hydroxylation is 1.